The second kappa shape index (κ2) is 4.94. The van der Waals surface area contributed by atoms with Crippen molar-refractivity contribution in [3.8, 4) is 0 Å². The number of halogens is 1. The van der Waals surface area contributed by atoms with Crippen LogP contribution in [0.1, 0.15) is 34.3 Å². The maximum absolute atomic E-state index is 12.8. The summed E-state index contributed by atoms with van der Waals surface area (Å²) in [5, 5.41) is 0. The van der Waals surface area contributed by atoms with Gasteiger partial charge in [-0.2, -0.15) is 0 Å². The van der Waals surface area contributed by atoms with Gasteiger partial charge in [0.15, 0.2) is 0 Å². The van der Waals surface area contributed by atoms with Crippen molar-refractivity contribution in [3.63, 3.8) is 0 Å². The molecule has 0 radical (unpaired) electrons. The Hall–Kier alpha value is -1.61. The van der Waals surface area contributed by atoms with Crippen LogP contribution >= 0.6 is 0 Å². The van der Waals surface area contributed by atoms with Crippen LogP contribution in [0.15, 0.2) is 28.7 Å². The molecule has 3 heteroatoms. The van der Waals surface area contributed by atoms with E-state index >= 15 is 0 Å². The van der Waals surface area contributed by atoms with Crippen LogP contribution in [-0.2, 0) is 6.42 Å². The summed E-state index contributed by atoms with van der Waals surface area (Å²) in [5.74, 6) is 1.57. The standard InChI is InChI=1S/C15H18FNO/c1-9-10(2)18-11(3)15(9)14(17)8-12-4-6-13(16)7-5-12/h4-7,14H,8,17H2,1-3H3. The molecule has 0 saturated carbocycles. The van der Waals surface area contributed by atoms with Gasteiger partial charge in [0.1, 0.15) is 17.3 Å². The van der Waals surface area contributed by atoms with Gasteiger partial charge in [0.05, 0.1) is 0 Å². The van der Waals surface area contributed by atoms with Crippen LogP contribution in [0.5, 0.6) is 0 Å². The zero-order valence-electron chi connectivity index (χ0n) is 11.0. The SMILES string of the molecule is Cc1oc(C)c(C(N)Cc2ccc(F)cc2)c1C. The van der Waals surface area contributed by atoms with E-state index in [1.807, 2.05) is 20.8 Å². The predicted octanol–water partition coefficient (Wildman–Crippen LogP) is 3.59. The first-order valence-corrected chi connectivity index (χ1v) is 6.05. The summed E-state index contributed by atoms with van der Waals surface area (Å²) in [6.45, 7) is 5.89. The van der Waals surface area contributed by atoms with Crippen LogP contribution < -0.4 is 5.73 Å². The number of benzene rings is 1. The highest BCUT2D eigenvalue weighted by atomic mass is 19.1. The van der Waals surface area contributed by atoms with Crippen LogP contribution in [0, 0.1) is 26.6 Å². The Morgan fingerprint density at radius 2 is 1.72 bits per heavy atom. The van der Waals surface area contributed by atoms with E-state index < -0.39 is 0 Å². The van der Waals surface area contributed by atoms with E-state index in [9.17, 15) is 4.39 Å². The van der Waals surface area contributed by atoms with E-state index in [4.69, 9.17) is 10.2 Å². The molecular formula is C15H18FNO. The van der Waals surface area contributed by atoms with E-state index in [0.717, 1.165) is 28.2 Å². The Kier molecular flexibility index (Phi) is 3.53. The molecule has 1 atom stereocenters. The maximum atomic E-state index is 12.8. The summed E-state index contributed by atoms with van der Waals surface area (Å²) in [5.41, 5.74) is 9.44. The zero-order chi connectivity index (χ0) is 13.3. The topological polar surface area (TPSA) is 39.2 Å². The van der Waals surface area contributed by atoms with Gasteiger partial charge < -0.3 is 10.2 Å². The molecule has 0 fully saturated rings. The Balaban J connectivity index is 2.21. The number of rotatable bonds is 3. The quantitative estimate of drug-likeness (QED) is 0.900. The van der Waals surface area contributed by atoms with Gasteiger partial charge in [-0.1, -0.05) is 12.1 Å². The van der Waals surface area contributed by atoms with Crippen molar-refractivity contribution in [2.45, 2.75) is 33.2 Å². The second-order valence-corrected chi connectivity index (χ2v) is 4.69. The summed E-state index contributed by atoms with van der Waals surface area (Å²) in [7, 11) is 0. The third kappa shape index (κ3) is 2.46. The zero-order valence-corrected chi connectivity index (χ0v) is 11.0. The lowest BCUT2D eigenvalue weighted by molar-refractivity contribution is 0.496. The molecule has 2 rings (SSSR count). The summed E-state index contributed by atoms with van der Waals surface area (Å²) in [6.07, 6.45) is 0.681. The Bertz CT molecular complexity index is 542. The normalized spacial score (nSPS) is 12.7. The largest absolute Gasteiger partial charge is 0.466 e. The number of hydrogen-bond acceptors (Lipinski definition) is 2. The van der Waals surface area contributed by atoms with Crippen molar-refractivity contribution in [1.29, 1.82) is 0 Å². The van der Waals surface area contributed by atoms with Gasteiger partial charge in [-0.3, -0.25) is 0 Å². The molecule has 0 spiro atoms. The maximum Gasteiger partial charge on any atom is 0.123 e. The van der Waals surface area contributed by atoms with Gasteiger partial charge in [-0.25, -0.2) is 4.39 Å². The van der Waals surface area contributed by atoms with Gasteiger partial charge in [0.25, 0.3) is 0 Å². The fourth-order valence-electron chi connectivity index (χ4n) is 2.33. The minimum atomic E-state index is -0.223. The number of aryl methyl sites for hydroxylation is 2. The lowest BCUT2D eigenvalue weighted by Gasteiger charge is -2.12. The molecule has 1 unspecified atom stereocenters. The molecular weight excluding hydrogens is 229 g/mol. The summed E-state index contributed by atoms with van der Waals surface area (Å²) < 4.78 is 18.4. The Labute approximate surface area is 107 Å². The molecule has 1 heterocycles. The van der Waals surface area contributed by atoms with Crippen LogP contribution in [0.25, 0.3) is 0 Å². The van der Waals surface area contributed by atoms with Crippen molar-refractivity contribution in [1.82, 2.24) is 0 Å². The third-order valence-electron chi connectivity index (χ3n) is 3.36. The molecule has 0 amide bonds. The van der Waals surface area contributed by atoms with Crippen molar-refractivity contribution in [2.24, 2.45) is 5.73 Å². The molecule has 0 saturated heterocycles. The molecule has 2 aromatic rings. The monoisotopic (exact) mass is 247 g/mol. The first kappa shape index (κ1) is 12.8. The molecule has 96 valence electrons. The third-order valence-corrected chi connectivity index (χ3v) is 3.36. The van der Waals surface area contributed by atoms with E-state index in [0.29, 0.717) is 6.42 Å². The summed E-state index contributed by atoms with van der Waals surface area (Å²) in [4.78, 5) is 0. The fraction of sp³-hybridized carbons (Fsp3) is 0.333. The first-order chi connectivity index (χ1) is 8.49. The lowest BCUT2D eigenvalue weighted by atomic mass is 9.96. The Morgan fingerprint density at radius 3 is 2.22 bits per heavy atom. The molecule has 2 N–H and O–H groups in total. The summed E-state index contributed by atoms with van der Waals surface area (Å²) >= 11 is 0. The van der Waals surface area contributed by atoms with Gasteiger partial charge in [0.2, 0.25) is 0 Å². The van der Waals surface area contributed by atoms with Gasteiger partial charge in [-0.05, 0) is 50.5 Å². The van der Waals surface area contributed by atoms with Crippen LogP contribution in [0.2, 0.25) is 0 Å². The molecule has 0 aliphatic heterocycles. The van der Waals surface area contributed by atoms with Gasteiger partial charge in [-0.15, -0.1) is 0 Å². The highest BCUT2D eigenvalue weighted by Crippen LogP contribution is 2.27. The van der Waals surface area contributed by atoms with E-state index in [1.54, 1.807) is 12.1 Å². The predicted molar refractivity (Wildman–Crippen MR) is 70.0 cm³/mol. The minimum absolute atomic E-state index is 0.118. The molecule has 1 aromatic carbocycles. The van der Waals surface area contributed by atoms with E-state index in [1.165, 1.54) is 12.1 Å². The molecule has 2 nitrogen and oxygen atoms in total. The van der Waals surface area contributed by atoms with Crippen molar-refractivity contribution >= 4 is 0 Å². The van der Waals surface area contributed by atoms with Gasteiger partial charge >= 0.3 is 0 Å². The van der Waals surface area contributed by atoms with E-state index in [-0.39, 0.29) is 11.9 Å². The molecule has 0 aliphatic rings. The molecule has 0 bridgehead atoms. The number of hydrogen-bond donors (Lipinski definition) is 1. The van der Waals surface area contributed by atoms with Crippen LogP contribution in [-0.4, -0.2) is 0 Å². The van der Waals surface area contributed by atoms with Gasteiger partial charge in [0, 0.05) is 11.6 Å². The highest BCUT2D eigenvalue weighted by molar-refractivity contribution is 5.35. The van der Waals surface area contributed by atoms with E-state index in [2.05, 4.69) is 0 Å². The molecule has 1 aromatic heterocycles. The highest BCUT2D eigenvalue weighted by Gasteiger charge is 2.18. The van der Waals surface area contributed by atoms with Crippen molar-refractivity contribution in [2.75, 3.05) is 0 Å². The summed E-state index contributed by atoms with van der Waals surface area (Å²) in [6, 6.07) is 6.34. The first-order valence-electron chi connectivity index (χ1n) is 6.05. The smallest absolute Gasteiger partial charge is 0.123 e. The van der Waals surface area contributed by atoms with Crippen LogP contribution in [0.3, 0.4) is 0 Å². The van der Waals surface area contributed by atoms with Crippen molar-refractivity contribution < 1.29 is 8.81 Å². The molecule has 0 aliphatic carbocycles. The molecule has 18 heavy (non-hydrogen) atoms. The number of furan rings is 1. The van der Waals surface area contributed by atoms with Crippen molar-refractivity contribution in [3.05, 3.63) is 58.3 Å². The average Bonchev–Trinajstić information content (AvgIpc) is 2.56. The van der Waals surface area contributed by atoms with Crippen LogP contribution in [0.4, 0.5) is 4.39 Å². The lowest BCUT2D eigenvalue weighted by Crippen LogP contribution is -2.14. The second-order valence-electron chi connectivity index (χ2n) is 4.69. The minimum Gasteiger partial charge on any atom is -0.466 e. The number of nitrogens with two attached hydrogens (primary N) is 1. The fourth-order valence-corrected chi connectivity index (χ4v) is 2.33. The Morgan fingerprint density at radius 1 is 1.11 bits per heavy atom. The average molecular weight is 247 g/mol.